The van der Waals surface area contributed by atoms with Gasteiger partial charge < -0.3 is 10.1 Å². The molecule has 1 rings (SSSR count). The first-order valence-electron chi connectivity index (χ1n) is 5.84. The molecule has 0 saturated carbocycles. The molecule has 0 radical (unpaired) electrons. The lowest BCUT2D eigenvalue weighted by Gasteiger charge is -2.19. The van der Waals surface area contributed by atoms with Gasteiger partial charge in [-0.2, -0.15) is 5.10 Å². The summed E-state index contributed by atoms with van der Waals surface area (Å²) in [4.78, 5) is 11.3. The number of H-pyrrole nitrogens is 1. The zero-order valence-electron chi connectivity index (χ0n) is 11.3. The van der Waals surface area contributed by atoms with Gasteiger partial charge >= 0.3 is 6.09 Å². The van der Waals surface area contributed by atoms with E-state index in [2.05, 4.69) is 27.4 Å². The average molecular weight is 249 g/mol. The Hall–Kier alpha value is -1.96. The summed E-state index contributed by atoms with van der Waals surface area (Å²) in [5, 5.41) is 9.33. The molecule has 0 fully saturated rings. The van der Waals surface area contributed by atoms with Crippen LogP contribution >= 0.6 is 0 Å². The summed E-state index contributed by atoms with van der Waals surface area (Å²) in [6.45, 7) is 7.87. The molecule has 0 spiro atoms. The summed E-state index contributed by atoms with van der Waals surface area (Å²) in [6, 6.07) is 0. The summed E-state index contributed by atoms with van der Waals surface area (Å²) >= 11 is 0. The van der Waals surface area contributed by atoms with Crippen molar-refractivity contribution < 1.29 is 9.53 Å². The molecule has 0 atom stereocenters. The molecule has 98 valence electrons. The molecule has 0 aliphatic carbocycles. The summed E-state index contributed by atoms with van der Waals surface area (Å²) in [5.74, 6) is 5.95. The van der Waals surface area contributed by atoms with Gasteiger partial charge in [0.2, 0.25) is 0 Å². The van der Waals surface area contributed by atoms with Gasteiger partial charge in [-0.25, -0.2) is 4.79 Å². The fraction of sp³-hybridized carbons (Fsp3) is 0.538. The Labute approximate surface area is 107 Å². The zero-order valence-corrected chi connectivity index (χ0v) is 11.3. The Balaban J connectivity index is 2.26. The molecule has 1 heterocycles. The van der Waals surface area contributed by atoms with Crippen molar-refractivity contribution in [2.75, 3.05) is 6.54 Å². The fourth-order valence-electron chi connectivity index (χ4n) is 1.18. The van der Waals surface area contributed by atoms with Crippen molar-refractivity contribution in [3.63, 3.8) is 0 Å². The van der Waals surface area contributed by atoms with E-state index in [-0.39, 0.29) is 0 Å². The predicted molar refractivity (Wildman–Crippen MR) is 69.1 cm³/mol. The number of aromatic amines is 1. The number of aryl methyl sites for hydroxylation is 1. The van der Waals surface area contributed by atoms with Crippen molar-refractivity contribution in [3.8, 4) is 11.8 Å². The molecule has 0 bridgehead atoms. The number of carbonyl (C=O) groups excluding carboxylic acids is 1. The maximum Gasteiger partial charge on any atom is 0.407 e. The third kappa shape index (κ3) is 5.39. The van der Waals surface area contributed by atoms with Gasteiger partial charge in [-0.1, -0.05) is 11.8 Å². The van der Waals surface area contributed by atoms with Crippen LogP contribution in [-0.4, -0.2) is 28.4 Å². The minimum Gasteiger partial charge on any atom is -0.444 e. The molecule has 0 unspecified atom stereocenters. The standard InChI is InChI=1S/C13H19N3O2/c1-10-11(9-15-16-10)7-5-6-8-14-12(17)18-13(2,3)4/h9H,6,8H2,1-4H3,(H,14,17)(H,15,16). The monoisotopic (exact) mass is 249 g/mol. The number of ether oxygens (including phenoxy) is 1. The molecule has 1 aromatic rings. The van der Waals surface area contributed by atoms with Crippen LogP contribution in [-0.2, 0) is 4.74 Å². The number of carbonyl (C=O) groups is 1. The topological polar surface area (TPSA) is 67.0 Å². The van der Waals surface area contributed by atoms with E-state index in [0.29, 0.717) is 13.0 Å². The molecule has 18 heavy (non-hydrogen) atoms. The van der Waals surface area contributed by atoms with Crippen LogP contribution in [0.5, 0.6) is 0 Å². The quantitative estimate of drug-likeness (QED) is 0.622. The first-order valence-corrected chi connectivity index (χ1v) is 5.84. The van der Waals surface area contributed by atoms with Gasteiger partial charge in [0.25, 0.3) is 0 Å². The van der Waals surface area contributed by atoms with Gasteiger partial charge in [0.15, 0.2) is 0 Å². The van der Waals surface area contributed by atoms with Crippen LogP contribution in [0, 0.1) is 18.8 Å². The van der Waals surface area contributed by atoms with Crippen molar-refractivity contribution in [1.82, 2.24) is 15.5 Å². The number of amides is 1. The van der Waals surface area contributed by atoms with Gasteiger partial charge in [-0.15, -0.1) is 0 Å². The van der Waals surface area contributed by atoms with E-state index in [1.807, 2.05) is 27.7 Å². The van der Waals surface area contributed by atoms with Crippen LogP contribution in [0.3, 0.4) is 0 Å². The van der Waals surface area contributed by atoms with Gasteiger partial charge in [0.05, 0.1) is 11.8 Å². The van der Waals surface area contributed by atoms with E-state index in [9.17, 15) is 4.79 Å². The maximum atomic E-state index is 11.3. The predicted octanol–water partition coefficient (Wildman–Crippen LogP) is 1.98. The van der Waals surface area contributed by atoms with Crippen LogP contribution in [0.2, 0.25) is 0 Å². The van der Waals surface area contributed by atoms with E-state index in [0.717, 1.165) is 11.3 Å². The molecular weight excluding hydrogens is 230 g/mol. The SMILES string of the molecule is Cc1[nH]ncc1C#CCCNC(=O)OC(C)(C)C. The van der Waals surface area contributed by atoms with E-state index >= 15 is 0 Å². The highest BCUT2D eigenvalue weighted by molar-refractivity contribution is 5.67. The van der Waals surface area contributed by atoms with Crippen molar-refractivity contribution in [1.29, 1.82) is 0 Å². The second-order valence-electron chi connectivity index (χ2n) is 4.89. The van der Waals surface area contributed by atoms with Gasteiger partial charge in [-0.05, 0) is 27.7 Å². The van der Waals surface area contributed by atoms with Crippen LogP contribution in [0.15, 0.2) is 6.20 Å². The van der Waals surface area contributed by atoms with Crippen LogP contribution in [0.4, 0.5) is 4.79 Å². The molecule has 0 saturated heterocycles. The number of nitrogens with one attached hydrogen (secondary N) is 2. The molecule has 0 aromatic carbocycles. The number of rotatable bonds is 2. The molecule has 0 aliphatic rings. The van der Waals surface area contributed by atoms with Crippen LogP contribution < -0.4 is 5.32 Å². The van der Waals surface area contributed by atoms with E-state index in [1.54, 1.807) is 6.20 Å². The van der Waals surface area contributed by atoms with E-state index in [1.165, 1.54) is 0 Å². The second-order valence-corrected chi connectivity index (χ2v) is 4.89. The highest BCUT2D eigenvalue weighted by atomic mass is 16.6. The highest BCUT2D eigenvalue weighted by Gasteiger charge is 2.15. The number of hydrogen-bond acceptors (Lipinski definition) is 3. The number of alkyl carbamates (subject to hydrolysis) is 1. The molecule has 5 heteroatoms. The Morgan fingerprint density at radius 2 is 2.28 bits per heavy atom. The summed E-state index contributed by atoms with van der Waals surface area (Å²) in [5.41, 5.74) is 1.36. The minimum atomic E-state index is -0.469. The van der Waals surface area contributed by atoms with Gasteiger partial charge in [0.1, 0.15) is 5.60 Å². The Morgan fingerprint density at radius 1 is 1.56 bits per heavy atom. The third-order valence-corrected chi connectivity index (χ3v) is 1.97. The zero-order chi connectivity index (χ0) is 13.6. The molecular formula is C13H19N3O2. The van der Waals surface area contributed by atoms with Gasteiger partial charge in [0, 0.05) is 18.7 Å². The van der Waals surface area contributed by atoms with Crippen molar-refractivity contribution >= 4 is 6.09 Å². The Morgan fingerprint density at radius 3 is 2.83 bits per heavy atom. The molecule has 5 nitrogen and oxygen atoms in total. The van der Waals surface area contributed by atoms with Crippen LogP contribution in [0.1, 0.15) is 38.4 Å². The van der Waals surface area contributed by atoms with Gasteiger partial charge in [-0.3, -0.25) is 5.10 Å². The molecule has 0 aliphatic heterocycles. The summed E-state index contributed by atoms with van der Waals surface area (Å²) in [7, 11) is 0. The summed E-state index contributed by atoms with van der Waals surface area (Å²) in [6.07, 6.45) is 1.84. The van der Waals surface area contributed by atoms with E-state index in [4.69, 9.17) is 4.74 Å². The van der Waals surface area contributed by atoms with Crippen molar-refractivity contribution in [2.45, 2.75) is 39.7 Å². The number of hydrogen-bond donors (Lipinski definition) is 2. The Bertz CT molecular complexity index is 461. The first-order chi connectivity index (χ1) is 8.38. The second kappa shape index (κ2) is 6.10. The first kappa shape index (κ1) is 14.1. The Kier molecular flexibility index (Phi) is 4.78. The summed E-state index contributed by atoms with van der Waals surface area (Å²) < 4.78 is 5.10. The van der Waals surface area contributed by atoms with Crippen molar-refractivity contribution in [3.05, 3.63) is 17.5 Å². The highest BCUT2D eigenvalue weighted by Crippen LogP contribution is 2.06. The van der Waals surface area contributed by atoms with Crippen molar-refractivity contribution in [2.24, 2.45) is 0 Å². The normalized spacial score (nSPS) is 10.4. The molecule has 1 amide bonds. The molecule has 1 aromatic heterocycles. The number of nitrogens with zero attached hydrogens (tertiary/aromatic N) is 1. The lowest BCUT2D eigenvalue weighted by Crippen LogP contribution is -2.32. The lowest BCUT2D eigenvalue weighted by atomic mass is 10.2. The van der Waals surface area contributed by atoms with Crippen LogP contribution in [0.25, 0.3) is 0 Å². The fourth-order valence-corrected chi connectivity index (χ4v) is 1.18. The molecule has 2 N–H and O–H groups in total. The van der Waals surface area contributed by atoms with E-state index < -0.39 is 11.7 Å². The lowest BCUT2D eigenvalue weighted by molar-refractivity contribution is 0.0529. The third-order valence-electron chi connectivity index (χ3n) is 1.97. The maximum absolute atomic E-state index is 11.3. The minimum absolute atomic E-state index is 0.413. The largest absolute Gasteiger partial charge is 0.444 e. The smallest absolute Gasteiger partial charge is 0.407 e. The average Bonchev–Trinajstić information content (AvgIpc) is 2.61. The number of aromatic nitrogens is 2.